The van der Waals surface area contributed by atoms with Crippen molar-refractivity contribution in [3.63, 3.8) is 0 Å². The monoisotopic (exact) mass is 501 g/mol. The minimum Gasteiger partial charge on any atom is -0.391 e. The van der Waals surface area contributed by atoms with Crippen molar-refractivity contribution in [2.24, 2.45) is 11.1 Å². The Morgan fingerprint density at radius 2 is 1.97 bits per heavy atom. The Hall–Kier alpha value is -2.33. The first-order valence-corrected chi connectivity index (χ1v) is 13.2. The molecule has 2 amide bonds. The maximum Gasteiger partial charge on any atom is 0.243 e. The van der Waals surface area contributed by atoms with Gasteiger partial charge in [-0.15, -0.1) is 11.3 Å². The largest absolute Gasteiger partial charge is 0.391 e. The number of aliphatic hydroxyl groups is 1. The number of carbonyl (C=O) groups is 2. The summed E-state index contributed by atoms with van der Waals surface area (Å²) in [6.45, 7) is 9.81. The van der Waals surface area contributed by atoms with Gasteiger partial charge in [-0.1, -0.05) is 45.0 Å². The molecule has 9 heteroatoms. The molecule has 0 radical (unpaired) electrons. The summed E-state index contributed by atoms with van der Waals surface area (Å²) >= 11 is 1.60. The standard InChI is InChI=1S/C26H39N5O3S/c1-17-22(35-16-30-17)19-9-7-18(8-10-19)14-29-24(33)21-13-20(32)15-31(21)25(34)23(26(2,3)4)28-12-6-5-11-27/h7-10,16,20-21,23,28,32H,5-6,11-15,27H2,1-4H3,(H,29,33)/t20-,21+,23-/m1/s1. The fraction of sp³-hybridized carbons (Fsp3) is 0.577. The first kappa shape index (κ1) is 27.3. The van der Waals surface area contributed by atoms with E-state index in [4.69, 9.17) is 5.73 Å². The second-order valence-electron chi connectivity index (χ2n) is 10.3. The molecule has 0 saturated carbocycles. The first-order chi connectivity index (χ1) is 16.6. The third-order valence-corrected chi connectivity index (χ3v) is 7.36. The van der Waals surface area contributed by atoms with E-state index in [0.717, 1.165) is 34.5 Å². The van der Waals surface area contributed by atoms with Crippen molar-refractivity contribution in [1.82, 2.24) is 20.5 Å². The minimum absolute atomic E-state index is 0.147. The van der Waals surface area contributed by atoms with Gasteiger partial charge in [0, 0.05) is 19.5 Å². The van der Waals surface area contributed by atoms with Gasteiger partial charge in [0.2, 0.25) is 11.8 Å². The number of hydrogen-bond acceptors (Lipinski definition) is 7. The molecule has 3 rings (SSSR count). The number of amides is 2. The lowest BCUT2D eigenvalue weighted by molar-refractivity contribution is -0.142. The number of nitrogens with zero attached hydrogens (tertiary/aromatic N) is 2. The maximum absolute atomic E-state index is 13.5. The van der Waals surface area contributed by atoms with Crippen LogP contribution in [-0.2, 0) is 16.1 Å². The van der Waals surface area contributed by atoms with E-state index >= 15 is 0 Å². The van der Waals surface area contributed by atoms with E-state index in [1.807, 2.05) is 57.5 Å². The summed E-state index contributed by atoms with van der Waals surface area (Å²) in [5, 5.41) is 16.6. The molecule has 2 heterocycles. The fourth-order valence-corrected chi connectivity index (χ4v) is 5.22. The average molecular weight is 502 g/mol. The number of carbonyl (C=O) groups excluding carboxylic acids is 2. The summed E-state index contributed by atoms with van der Waals surface area (Å²) in [5.74, 6) is -0.390. The molecule has 1 saturated heterocycles. The number of thiazole rings is 1. The van der Waals surface area contributed by atoms with Crippen molar-refractivity contribution in [3.8, 4) is 10.4 Å². The lowest BCUT2D eigenvalue weighted by atomic mass is 9.85. The topological polar surface area (TPSA) is 121 Å². The third-order valence-electron chi connectivity index (χ3n) is 6.39. The number of nitrogens with two attached hydrogens (primary N) is 1. The van der Waals surface area contributed by atoms with Gasteiger partial charge in [-0.3, -0.25) is 9.59 Å². The van der Waals surface area contributed by atoms with Crippen molar-refractivity contribution in [2.75, 3.05) is 19.6 Å². The Balaban J connectivity index is 1.63. The third kappa shape index (κ3) is 7.10. The van der Waals surface area contributed by atoms with Gasteiger partial charge in [-0.05, 0) is 49.4 Å². The van der Waals surface area contributed by atoms with Crippen LogP contribution in [0.4, 0.5) is 0 Å². The molecule has 1 aromatic heterocycles. The Kier molecular flexibility index (Phi) is 9.40. The summed E-state index contributed by atoms with van der Waals surface area (Å²) in [6.07, 6.45) is 1.29. The van der Waals surface area contributed by atoms with Crippen molar-refractivity contribution in [3.05, 3.63) is 41.0 Å². The molecule has 5 N–H and O–H groups in total. The zero-order valence-electron chi connectivity index (χ0n) is 21.2. The number of likely N-dealkylation sites (tertiary alicyclic amines) is 1. The van der Waals surface area contributed by atoms with Gasteiger partial charge in [0.05, 0.1) is 28.2 Å². The van der Waals surface area contributed by atoms with Gasteiger partial charge in [0.1, 0.15) is 6.04 Å². The number of aryl methyl sites for hydroxylation is 1. The molecular formula is C26H39N5O3S. The zero-order valence-corrected chi connectivity index (χ0v) is 22.0. The predicted octanol–water partition coefficient (Wildman–Crippen LogP) is 2.44. The van der Waals surface area contributed by atoms with Gasteiger partial charge in [0.25, 0.3) is 0 Å². The summed E-state index contributed by atoms with van der Waals surface area (Å²) in [6, 6.07) is 6.89. The van der Waals surface area contributed by atoms with Crippen LogP contribution >= 0.6 is 11.3 Å². The maximum atomic E-state index is 13.5. The molecule has 0 spiro atoms. The van der Waals surface area contributed by atoms with Gasteiger partial charge < -0.3 is 26.4 Å². The second-order valence-corrected chi connectivity index (χ2v) is 11.2. The van der Waals surface area contributed by atoms with Gasteiger partial charge in [-0.2, -0.15) is 0 Å². The van der Waals surface area contributed by atoms with E-state index in [1.54, 1.807) is 16.2 Å². The Morgan fingerprint density at radius 3 is 2.57 bits per heavy atom. The van der Waals surface area contributed by atoms with E-state index in [9.17, 15) is 14.7 Å². The number of nitrogens with one attached hydrogen (secondary N) is 2. The molecule has 0 unspecified atom stereocenters. The van der Waals surface area contributed by atoms with Crippen LogP contribution in [-0.4, -0.2) is 64.6 Å². The highest BCUT2D eigenvalue weighted by Crippen LogP contribution is 2.28. The number of β-amino-alcohol motifs (C(OH)–C–C–N with tert-alkyl or cyclic N) is 1. The quantitative estimate of drug-likeness (QED) is 0.371. The molecule has 192 valence electrons. The molecule has 1 fully saturated rings. The average Bonchev–Trinajstić information content (AvgIpc) is 3.42. The highest BCUT2D eigenvalue weighted by Gasteiger charge is 2.43. The molecule has 0 aliphatic carbocycles. The van der Waals surface area contributed by atoms with E-state index in [-0.39, 0.29) is 30.2 Å². The lowest BCUT2D eigenvalue weighted by Gasteiger charge is -2.35. The molecule has 35 heavy (non-hydrogen) atoms. The lowest BCUT2D eigenvalue weighted by Crippen LogP contribution is -2.56. The second kappa shape index (κ2) is 12.1. The van der Waals surface area contributed by atoms with Crippen LogP contribution in [0.1, 0.15) is 51.3 Å². The normalized spacial score (nSPS) is 19.1. The molecule has 8 nitrogen and oxygen atoms in total. The number of aromatic nitrogens is 1. The van der Waals surface area contributed by atoms with E-state index in [2.05, 4.69) is 15.6 Å². The van der Waals surface area contributed by atoms with E-state index < -0.39 is 18.2 Å². The van der Waals surface area contributed by atoms with Crippen LogP contribution in [0, 0.1) is 12.3 Å². The van der Waals surface area contributed by atoms with Crippen LogP contribution in [0.25, 0.3) is 10.4 Å². The van der Waals surface area contributed by atoms with Crippen LogP contribution in [0.5, 0.6) is 0 Å². The number of benzene rings is 1. The Labute approximate surface area is 212 Å². The molecule has 0 bridgehead atoms. The van der Waals surface area contributed by atoms with Crippen LogP contribution in [0.15, 0.2) is 29.8 Å². The van der Waals surface area contributed by atoms with Crippen molar-refractivity contribution in [2.45, 2.75) is 71.7 Å². The van der Waals surface area contributed by atoms with Gasteiger partial charge >= 0.3 is 0 Å². The molecule has 1 aromatic carbocycles. The van der Waals surface area contributed by atoms with Crippen LogP contribution in [0.3, 0.4) is 0 Å². The number of rotatable bonds is 10. The highest BCUT2D eigenvalue weighted by atomic mass is 32.1. The molecule has 3 atom stereocenters. The molecule has 1 aliphatic heterocycles. The Bertz CT molecular complexity index is 986. The zero-order chi connectivity index (χ0) is 25.6. The van der Waals surface area contributed by atoms with Crippen LogP contribution < -0.4 is 16.4 Å². The highest BCUT2D eigenvalue weighted by molar-refractivity contribution is 7.13. The number of hydrogen-bond donors (Lipinski definition) is 4. The smallest absolute Gasteiger partial charge is 0.243 e. The molecular weight excluding hydrogens is 462 g/mol. The first-order valence-electron chi connectivity index (χ1n) is 12.3. The molecule has 1 aliphatic rings. The summed E-state index contributed by atoms with van der Waals surface area (Å²) in [5.41, 5.74) is 10.2. The van der Waals surface area contributed by atoms with Crippen molar-refractivity contribution in [1.29, 1.82) is 0 Å². The summed E-state index contributed by atoms with van der Waals surface area (Å²) in [7, 11) is 0. The summed E-state index contributed by atoms with van der Waals surface area (Å²) < 4.78 is 0. The van der Waals surface area contributed by atoms with Crippen molar-refractivity contribution < 1.29 is 14.7 Å². The van der Waals surface area contributed by atoms with Crippen LogP contribution in [0.2, 0.25) is 0 Å². The Morgan fingerprint density at radius 1 is 1.26 bits per heavy atom. The van der Waals surface area contributed by atoms with Crippen molar-refractivity contribution >= 4 is 23.2 Å². The summed E-state index contributed by atoms with van der Waals surface area (Å²) in [4.78, 5) is 33.6. The fourth-order valence-electron chi connectivity index (χ4n) is 4.41. The van der Waals surface area contributed by atoms with E-state index in [0.29, 0.717) is 19.6 Å². The minimum atomic E-state index is -0.713. The van der Waals surface area contributed by atoms with Gasteiger partial charge in [0.15, 0.2) is 0 Å². The van der Waals surface area contributed by atoms with Gasteiger partial charge in [-0.25, -0.2) is 4.98 Å². The number of unbranched alkanes of at least 4 members (excludes halogenated alkanes) is 1. The molecule has 2 aromatic rings. The number of aliphatic hydroxyl groups excluding tert-OH is 1. The van der Waals surface area contributed by atoms with E-state index in [1.165, 1.54) is 0 Å². The SMILES string of the molecule is Cc1ncsc1-c1ccc(CNC(=O)[C@@H]2C[C@@H](O)CN2C(=O)[C@@H](NCCCCN)C(C)(C)C)cc1. The predicted molar refractivity (Wildman–Crippen MR) is 140 cm³/mol.